The van der Waals surface area contributed by atoms with Crippen LogP contribution in [-0.2, 0) is 4.79 Å². The van der Waals surface area contributed by atoms with Crippen LogP contribution in [0.15, 0.2) is 0 Å². The summed E-state index contributed by atoms with van der Waals surface area (Å²) in [7, 11) is 2.72. The first kappa shape index (κ1) is 10.9. The van der Waals surface area contributed by atoms with Crippen LogP contribution in [0.3, 0.4) is 0 Å². The lowest BCUT2D eigenvalue weighted by atomic mass is 10.0. The predicted octanol–water partition coefficient (Wildman–Crippen LogP) is 1.11. The Morgan fingerprint density at radius 2 is 2.08 bits per heavy atom. The van der Waals surface area contributed by atoms with Gasteiger partial charge in [0.2, 0.25) is 5.91 Å². The third kappa shape index (κ3) is 2.92. The topological polar surface area (TPSA) is 23.6 Å². The van der Waals surface area contributed by atoms with E-state index < -0.39 is 0 Å². The summed E-state index contributed by atoms with van der Waals surface area (Å²) in [6, 6.07) is 0.472. The molecule has 1 amide bonds. The second kappa shape index (κ2) is 4.92. The number of piperidine rings is 1. The number of nitrogens with zero attached hydrogens (tertiary/aromatic N) is 2. The number of hydrogen-bond acceptors (Lipinski definition) is 2. The summed E-state index contributed by atoms with van der Waals surface area (Å²) in [6.07, 6.45) is 2.22. The molecule has 1 unspecified atom stereocenters. The van der Waals surface area contributed by atoms with Gasteiger partial charge in [-0.05, 0) is 19.8 Å². The van der Waals surface area contributed by atoms with Gasteiger partial charge in [0.25, 0.3) is 0 Å². The summed E-state index contributed by atoms with van der Waals surface area (Å²) in [4.78, 5) is 13.2. The molecule has 0 aliphatic carbocycles. The van der Waals surface area contributed by atoms with Crippen molar-refractivity contribution >= 4 is 15.3 Å². The highest BCUT2D eigenvalue weighted by Gasteiger charge is 2.23. The molecule has 0 radical (unpaired) electrons. The summed E-state index contributed by atoms with van der Waals surface area (Å²) in [5.41, 5.74) is 0. The average Bonchev–Trinajstić information content (AvgIpc) is 2.09. The molecular formula is C9H19N2OP. The molecule has 1 rings (SSSR count). The van der Waals surface area contributed by atoms with E-state index in [2.05, 4.69) is 21.0 Å². The van der Waals surface area contributed by atoms with Crippen molar-refractivity contribution in [1.29, 1.82) is 0 Å². The standard InChI is InChI=1S/C9H19N2OP/c1-3-11(8(2)12)9-4-6-10(13)7-5-9/h9H,3-7,13H2,1-2H3. The fourth-order valence-electron chi connectivity index (χ4n) is 1.94. The molecule has 4 heteroatoms. The van der Waals surface area contributed by atoms with Gasteiger partial charge in [-0.1, -0.05) is 9.39 Å². The zero-order valence-electron chi connectivity index (χ0n) is 8.49. The molecule has 76 valence electrons. The van der Waals surface area contributed by atoms with Crippen LogP contribution in [0, 0.1) is 0 Å². The first-order chi connectivity index (χ1) is 6.15. The molecule has 1 saturated heterocycles. The van der Waals surface area contributed by atoms with Crippen molar-refractivity contribution in [3.8, 4) is 0 Å². The zero-order valence-corrected chi connectivity index (χ0v) is 9.65. The van der Waals surface area contributed by atoms with E-state index in [0.717, 1.165) is 32.5 Å². The van der Waals surface area contributed by atoms with E-state index in [1.165, 1.54) is 0 Å². The normalized spacial score (nSPS) is 20.2. The Kier molecular flexibility index (Phi) is 4.14. The van der Waals surface area contributed by atoms with E-state index in [0.29, 0.717) is 6.04 Å². The average molecular weight is 202 g/mol. The summed E-state index contributed by atoms with van der Waals surface area (Å²) < 4.78 is 2.24. The van der Waals surface area contributed by atoms with E-state index in [1.807, 2.05) is 4.90 Å². The summed E-state index contributed by atoms with van der Waals surface area (Å²) in [5, 5.41) is 0. The molecular weight excluding hydrogens is 183 g/mol. The van der Waals surface area contributed by atoms with Crippen molar-refractivity contribution in [2.24, 2.45) is 0 Å². The van der Waals surface area contributed by atoms with Crippen LogP contribution in [0.5, 0.6) is 0 Å². The van der Waals surface area contributed by atoms with Crippen molar-refractivity contribution in [3.05, 3.63) is 0 Å². The van der Waals surface area contributed by atoms with Crippen molar-refractivity contribution < 1.29 is 4.79 Å². The van der Waals surface area contributed by atoms with Crippen molar-refractivity contribution in [2.75, 3.05) is 19.6 Å². The maximum absolute atomic E-state index is 11.3. The van der Waals surface area contributed by atoms with Gasteiger partial charge in [0.1, 0.15) is 0 Å². The highest BCUT2D eigenvalue weighted by molar-refractivity contribution is 7.13. The largest absolute Gasteiger partial charge is 0.340 e. The molecule has 0 aromatic heterocycles. The molecule has 0 saturated carbocycles. The highest BCUT2D eigenvalue weighted by Crippen LogP contribution is 2.18. The quantitative estimate of drug-likeness (QED) is 0.626. The lowest BCUT2D eigenvalue weighted by molar-refractivity contribution is -0.131. The Bertz CT molecular complexity index is 178. The molecule has 1 atom stereocenters. The van der Waals surface area contributed by atoms with Crippen LogP contribution in [0.1, 0.15) is 26.7 Å². The summed E-state index contributed by atoms with van der Waals surface area (Å²) in [5.74, 6) is 0.213. The number of carbonyl (C=O) groups excluding carboxylic acids is 1. The van der Waals surface area contributed by atoms with E-state index in [9.17, 15) is 4.79 Å². The molecule has 0 aromatic rings. The Morgan fingerprint density at radius 3 is 2.46 bits per heavy atom. The molecule has 1 heterocycles. The van der Waals surface area contributed by atoms with Gasteiger partial charge in [0, 0.05) is 32.6 Å². The first-order valence-corrected chi connectivity index (χ1v) is 5.43. The van der Waals surface area contributed by atoms with Gasteiger partial charge in [0.05, 0.1) is 0 Å². The zero-order chi connectivity index (χ0) is 9.84. The van der Waals surface area contributed by atoms with Crippen LogP contribution in [0.25, 0.3) is 0 Å². The Morgan fingerprint density at radius 1 is 1.54 bits per heavy atom. The van der Waals surface area contributed by atoms with Gasteiger partial charge in [-0.25, -0.2) is 0 Å². The minimum atomic E-state index is 0.213. The van der Waals surface area contributed by atoms with Crippen molar-refractivity contribution in [1.82, 2.24) is 9.57 Å². The fourth-order valence-corrected chi connectivity index (χ4v) is 2.23. The van der Waals surface area contributed by atoms with Crippen LogP contribution in [0.2, 0.25) is 0 Å². The maximum atomic E-state index is 11.3. The molecule has 0 aromatic carbocycles. The van der Waals surface area contributed by atoms with Gasteiger partial charge < -0.3 is 4.90 Å². The molecule has 1 fully saturated rings. The minimum absolute atomic E-state index is 0.213. The van der Waals surface area contributed by atoms with Crippen molar-refractivity contribution in [3.63, 3.8) is 0 Å². The van der Waals surface area contributed by atoms with Crippen LogP contribution < -0.4 is 0 Å². The monoisotopic (exact) mass is 202 g/mol. The van der Waals surface area contributed by atoms with Gasteiger partial charge >= 0.3 is 0 Å². The lowest BCUT2D eigenvalue weighted by Gasteiger charge is -2.36. The third-order valence-corrected chi connectivity index (χ3v) is 3.20. The Balaban J connectivity index is 2.46. The first-order valence-electron chi connectivity index (χ1n) is 4.92. The van der Waals surface area contributed by atoms with Crippen LogP contribution in [-0.4, -0.2) is 41.2 Å². The molecule has 3 nitrogen and oxygen atoms in total. The smallest absolute Gasteiger partial charge is 0.219 e. The number of hydrogen-bond donors (Lipinski definition) is 0. The molecule has 0 spiro atoms. The summed E-state index contributed by atoms with van der Waals surface area (Å²) >= 11 is 0. The SMILES string of the molecule is CCN(C(C)=O)C1CCN(P)CC1. The molecule has 13 heavy (non-hydrogen) atoms. The van der Waals surface area contributed by atoms with E-state index in [-0.39, 0.29) is 5.91 Å². The number of rotatable bonds is 2. The maximum Gasteiger partial charge on any atom is 0.219 e. The molecule has 0 N–H and O–H groups in total. The Labute approximate surface area is 82.7 Å². The lowest BCUT2D eigenvalue weighted by Crippen LogP contribution is -2.44. The van der Waals surface area contributed by atoms with E-state index >= 15 is 0 Å². The number of carbonyl (C=O) groups is 1. The number of amides is 1. The Hall–Kier alpha value is -0.140. The van der Waals surface area contributed by atoms with E-state index in [4.69, 9.17) is 0 Å². The second-order valence-corrected chi connectivity index (χ2v) is 4.30. The predicted molar refractivity (Wildman–Crippen MR) is 57.4 cm³/mol. The van der Waals surface area contributed by atoms with E-state index in [1.54, 1.807) is 6.92 Å². The van der Waals surface area contributed by atoms with Crippen molar-refractivity contribution in [2.45, 2.75) is 32.7 Å². The summed E-state index contributed by atoms with van der Waals surface area (Å²) in [6.45, 7) is 6.72. The third-order valence-electron chi connectivity index (χ3n) is 2.69. The fraction of sp³-hybridized carbons (Fsp3) is 0.889. The highest BCUT2D eigenvalue weighted by atomic mass is 31.0. The minimum Gasteiger partial charge on any atom is -0.340 e. The molecule has 0 bridgehead atoms. The van der Waals surface area contributed by atoms with Gasteiger partial charge in [-0.2, -0.15) is 0 Å². The van der Waals surface area contributed by atoms with Gasteiger partial charge in [-0.15, -0.1) is 0 Å². The molecule has 1 aliphatic heterocycles. The van der Waals surface area contributed by atoms with Gasteiger partial charge in [0.15, 0.2) is 0 Å². The van der Waals surface area contributed by atoms with Crippen LogP contribution >= 0.6 is 9.39 Å². The molecule has 1 aliphatic rings. The second-order valence-electron chi connectivity index (χ2n) is 3.57. The van der Waals surface area contributed by atoms with Gasteiger partial charge in [-0.3, -0.25) is 9.46 Å². The van der Waals surface area contributed by atoms with Crippen LogP contribution in [0.4, 0.5) is 0 Å².